The average molecular weight is 421 g/mol. The number of likely N-dealkylation sites (tertiary alicyclic amines) is 1. The van der Waals surface area contributed by atoms with Gasteiger partial charge in [-0.1, -0.05) is 50.2 Å². The van der Waals surface area contributed by atoms with Crippen molar-refractivity contribution in [2.75, 3.05) is 13.1 Å². The van der Waals surface area contributed by atoms with Crippen molar-refractivity contribution in [2.24, 2.45) is 5.92 Å². The lowest BCUT2D eigenvalue weighted by atomic mass is 9.80. The summed E-state index contributed by atoms with van der Waals surface area (Å²) >= 11 is 0. The molecule has 2 saturated heterocycles. The van der Waals surface area contributed by atoms with Gasteiger partial charge in [0.05, 0.1) is 12.2 Å². The van der Waals surface area contributed by atoms with Crippen molar-refractivity contribution in [3.05, 3.63) is 66.0 Å². The Balaban J connectivity index is 1.55. The summed E-state index contributed by atoms with van der Waals surface area (Å²) in [5.74, 6) is 0.344. The van der Waals surface area contributed by atoms with Crippen molar-refractivity contribution in [2.45, 2.75) is 57.8 Å². The largest absolute Gasteiger partial charge is 0.342 e. The molecule has 1 atom stereocenters. The second kappa shape index (κ2) is 9.18. The van der Waals surface area contributed by atoms with Gasteiger partial charge < -0.3 is 10.2 Å². The predicted octanol–water partition coefficient (Wildman–Crippen LogP) is 2.99. The fourth-order valence-corrected chi connectivity index (χ4v) is 4.81. The van der Waals surface area contributed by atoms with E-state index >= 15 is 0 Å². The molecular formula is C25H32N4O2. The Morgan fingerprint density at radius 1 is 1.03 bits per heavy atom. The van der Waals surface area contributed by atoms with Crippen LogP contribution in [0.25, 0.3) is 0 Å². The monoisotopic (exact) mass is 420 g/mol. The van der Waals surface area contributed by atoms with Crippen LogP contribution >= 0.6 is 0 Å². The van der Waals surface area contributed by atoms with Crippen LogP contribution in [0.2, 0.25) is 0 Å². The van der Waals surface area contributed by atoms with E-state index in [1.54, 1.807) is 6.20 Å². The molecule has 1 spiro atoms. The molecule has 1 N–H and O–H groups in total. The number of hydrogen-bond donors (Lipinski definition) is 1. The van der Waals surface area contributed by atoms with Crippen LogP contribution < -0.4 is 5.32 Å². The van der Waals surface area contributed by atoms with Crippen LogP contribution in [0, 0.1) is 5.92 Å². The maximum atomic E-state index is 13.5. The highest BCUT2D eigenvalue weighted by Crippen LogP contribution is 2.35. The molecular weight excluding hydrogens is 388 g/mol. The summed E-state index contributed by atoms with van der Waals surface area (Å²) in [6.07, 6.45) is 3.67. The summed E-state index contributed by atoms with van der Waals surface area (Å²) < 4.78 is 0. The zero-order valence-electron chi connectivity index (χ0n) is 18.5. The first kappa shape index (κ1) is 21.5. The van der Waals surface area contributed by atoms with Gasteiger partial charge in [0.15, 0.2) is 0 Å². The van der Waals surface area contributed by atoms with Crippen LogP contribution in [0.1, 0.15) is 44.4 Å². The minimum absolute atomic E-state index is 0.00644. The third kappa shape index (κ3) is 4.64. The molecule has 6 nitrogen and oxygen atoms in total. The van der Waals surface area contributed by atoms with Gasteiger partial charge in [0.1, 0.15) is 11.6 Å². The summed E-state index contributed by atoms with van der Waals surface area (Å²) in [4.78, 5) is 35.6. The highest BCUT2D eigenvalue weighted by atomic mass is 16.2. The van der Waals surface area contributed by atoms with Crippen molar-refractivity contribution in [1.82, 2.24) is 20.1 Å². The Morgan fingerprint density at radius 3 is 2.39 bits per heavy atom. The maximum Gasteiger partial charge on any atom is 0.246 e. The Labute approximate surface area is 184 Å². The van der Waals surface area contributed by atoms with Gasteiger partial charge in [-0.25, -0.2) is 0 Å². The van der Waals surface area contributed by atoms with Gasteiger partial charge in [-0.3, -0.25) is 19.5 Å². The molecule has 4 rings (SSSR count). The molecule has 1 unspecified atom stereocenters. The number of hydrogen-bond acceptors (Lipinski definition) is 4. The number of piperidine rings is 1. The molecule has 3 heterocycles. The number of piperazine rings is 1. The molecule has 0 aliphatic carbocycles. The lowest BCUT2D eigenvalue weighted by molar-refractivity contribution is -0.162. The van der Waals surface area contributed by atoms with Crippen LogP contribution in [-0.2, 0) is 22.7 Å². The van der Waals surface area contributed by atoms with Crippen LogP contribution in [0.4, 0.5) is 0 Å². The first-order valence-electron chi connectivity index (χ1n) is 11.3. The van der Waals surface area contributed by atoms with Crippen molar-refractivity contribution in [3.63, 3.8) is 0 Å². The van der Waals surface area contributed by atoms with Gasteiger partial charge >= 0.3 is 0 Å². The molecule has 2 aromatic rings. The van der Waals surface area contributed by atoms with E-state index in [-0.39, 0.29) is 11.8 Å². The summed E-state index contributed by atoms with van der Waals surface area (Å²) in [7, 11) is 0. The lowest BCUT2D eigenvalue weighted by Crippen LogP contribution is -2.72. The van der Waals surface area contributed by atoms with Gasteiger partial charge in [-0.15, -0.1) is 0 Å². The number of amides is 2. The number of benzene rings is 1. The first-order chi connectivity index (χ1) is 15.0. The number of rotatable bonds is 6. The number of carbonyl (C=O) groups excluding carboxylic acids is 2. The Bertz CT molecular complexity index is 892. The normalized spacial score (nSPS) is 21.5. The van der Waals surface area contributed by atoms with Crippen LogP contribution in [0.5, 0.6) is 0 Å². The molecule has 2 amide bonds. The fourth-order valence-electron chi connectivity index (χ4n) is 4.81. The summed E-state index contributed by atoms with van der Waals surface area (Å²) in [6.45, 7) is 6.96. The molecule has 0 bridgehead atoms. The van der Waals surface area contributed by atoms with Gasteiger partial charge in [-0.2, -0.15) is 0 Å². The molecule has 6 heteroatoms. The van der Waals surface area contributed by atoms with Gasteiger partial charge in [0.25, 0.3) is 0 Å². The Hall–Kier alpha value is -2.73. The number of pyridine rings is 1. The quantitative estimate of drug-likeness (QED) is 0.780. The zero-order chi connectivity index (χ0) is 21.8. The fraction of sp³-hybridized carbons (Fsp3) is 0.480. The lowest BCUT2D eigenvalue weighted by Gasteiger charge is -2.51. The third-order valence-corrected chi connectivity index (χ3v) is 6.49. The second-order valence-corrected chi connectivity index (χ2v) is 9.19. The number of carbonyl (C=O) groups is 2. The standard InChI is InChI=1S/C25H32N4O2/c1-19(2)16-22-23(30)29(18-21-10-6-7-13-26-21)25(24(31)27-22)11-14-28(15-12-25)17-20-8-4-3-5-9-20/h3-10,13,19,22H,11-12,14-18H2,1-2H3,(H,27,31). The van der Waals surface area contributed by atoms with Gasteiger partial charge in [0, 0.05) is 25.8 Å². The molecule has 0 saturated carbocycles. The summed E-state index contributed by atoms with van der Waals surface area (Å²) in [6, 6.07) is 15.7. The van der Waals surface area contributed by atoms with Crippen molar-refractivity contribution in [3.8, 4) is 0 Å². The van der Waals surface area contributed by atoms with E-state index in [1.165, 1.54) is 5.56 Å². The Morgan fingerprint density at radius 2 is 1.74 bits per heavy atom. The van der Waals surface area contributed by atoms with Gasteiger partial charge in [0.2, 0.25) is 11.8 Å². The van der Waals surface area contributed by atoms with Crippen molar-refractivity contribution in [1.29, 1.82) is 0 Å². The van der Waals surface area contributed by atoms with E-state index in [2.05, 4.69) is 53.3 Å². The average Bonchev–Trinajstić information content (AvgIpc) is 2.77. The molecule has 0 radical (unpaired) electrons. The zero-order valence-corrected chi connectivity index (χ0v) is 18.5. The number of nitrogens with zero attached hydrogens (tertiary/aromatic N) is 3. The Kier molecular flexibility index (Phi) is 6.37. The molecule has 31 heavy (non-hydrogen) atoms. The number of aromatic nitrogens is 1. The van der Waals surface area contributed by atoms with E-state index in [9.17, 15) is 9.59 Å². The molecule has 2 fully saturated rings. The van der Waals surface area contributed by atoms with E-state index in [0.717, 1.165) is 25.3 Å². The second-order valence-electron chi connectivity index (χ2n) is 9.19. The molecule has 164 valence electrons. The molecule has 1 aromatic heterocycles. The SMILES string of the molecule is CC(C)CC1NC(=O)C2(CCN(Cc3ccccc3)CC2)N(Cc2ccccn2)C1=O. The van der Waals surface area contributed by atoms with Crippen LogP contribution in [0.15, 0.2) is 54.7 Å². The predicted molar refractivity (Wildman–Crippen MR) is 120 cm³/mol. The van der Waals surface area contributed by atoms with E-state index in [0.29, 0.717) is 31.7 Å². The highest BCUT2D eigenvalue weighted by Gasteiger charge is 2.53. The van der Waals surface area contributed by atoms with Crippen molar-refractivity contribution < 1.29 is 9.59 Å². The molecule has 2 aliphatic heterocycles. The minimum Gasteiger partial charge on any atom is -0.342 e. The third-order valence-electron chi connectivity index (χ3n) is 6.49. The smallest absolute Gasteiger partial charge is 0.246 e. The number of nitrogens with one attached hydrogen (secondary N) is 1. The van der Waals surface area contributed by atoms with E-state index < -0.39 is 11.6 Å². The van der Waals surface area contributed by atoms with E-state index in [4.69, 9.17) is 0 Å². The highest BCUT2D eigenvalue weighted by molar-refractivity contribution is 6.00. The van der Waals surface area contributed by atoms with E-state index in [1.807, 2.05) is 29.2 Å². The van der Waals surface area contributed by atoms with Gasteiger partial charge in [-0.05, 0) is 42.9 Å². The molecule has 1 aromatic carbocycles. The molecule has 2 aliphatic rings. The minimum atomic E-state index is -0.796. The van der Waals surface area contributed by atoms with Crippen LogP contribution in [0.3, 0.4) is 0 Å². The maximum absolute atomic E-state index is 13.5. The summed E-state index contributed by atoms with van der Waals surface area (Å²) in [5.41, 5.74) is 1.29. The van der Waals surface area contributed by atoms with Crippen molar-refractivity contribution >= 4 is 11.8 Å². The van der Waals surface area contributed by atoms with Crippen LogP contribution in [-0.4, -0.2) is 51.3 Å². The summed E-state index contributed by atoms with van der Waals surface area (Å²) in [5, 5.41) is 3.07. The first-order valence-corrected chi connectivity index (χ1v) is 11.3. The topological polar surface area (TPSA) is 65.5 Å².